The first-order valence-corrected chi connectivity index (χ1v) is 6.56. The summed E-state index contributed by atoms with van der Waals surface area (Å²) >= 11 is 0. The maximum Gasteiger partial charge on any atom is 0.488 e. The fraction of sp³-hybridized carbons (Fsp3) is 0.0625. The smallest absolute Gasteiger partial charge is 0.456 e. The zero-order valence-corrected chi connectivity index (χ0v) is 11.4. The van der Waals surface area contributed by atoms with E-state index in [9.17, 15) is 14.8 Å². The minimum Gasteiger partial charge on any atom is -0.456 e. The van der Waals surface area contributed by atoms with Gasteiger partial charge in [0.05, 0.1) is 5.39 Å². The van der Waals surface area contributed by atoms with E-state index in [2.05, 4.69) is 0 Å². The van der Waals surface area contributed by atoms with Crippen molar-refractivity contribution >= 4 is 23.6 Å². The Labute approximate surface area is 121 Å². The summed E-state index contributed by atoms with van der Waals surface area (Å²) in [4.78, 5) is 12.2. The standard InChI is InChI=1S/C16H13BO4/c1-10-4-2-7-13-14(18)9-15(21-16(10)13)11-5-3-6-12(8-11)17(19)20/h2-9,19-20H,1H3. The van der Waals surface area contributed by atoms with Gasteiger partial charge in [0, 0.05) is 11.6 Å². The lowest BCUT2D eigenvalue weighted by Gasteiger charge is -2.06. The van der Waals surface area contributed by atoms with Crippen LogP contribution in [0.5, 0.6) is 0 Å². The molecule has 2 aromatic carbocycles. The molecule has 0 aliphatic heterocycles. The summed E-state index contributed by atoms with van der Waals surface area (Å²) in [6, 6.07) is 13.5. The Kier molecular flexibility index (Phi) is 3.37. The van der Waals surface area contributed by atoms with Crippen LogP contribution in [-0.4, -0.2) is 17.2 Å². The van der Waals surface area contributed by atoms with Gasteiger partial charge in [-0.3, -0.25) is 4.79 Å². The first kappa shape index (κ1) is 13.6. The second-order valence-corrected chi connectivity index (χ2v) is 4.93. The van der Waals surface area contributed by atoms with E-state index in [4.69, 9.17) is 4.42 Å². The van der Waals surface area contributed by atoms with Crippen molar-refractivity contribution in [3.63, 3.8) is 0 Å². The van der Waals surface area contributed by atoms with E-state index in [1.165, 1.54) is 6.07 Å². The number of para-hydroxylation sites is 1. The van der Waals surface area contributed by atoms with Gasteiger partial charge >= 0.3 is 7.12 Å². The molecule has 104 valence electrons. The van der Waals surface area contributed by atoms with Crippen molar-refractivity contribution < 1.29 is 14.5 Å². The Balaban J connectivity index is 2.24. The molecule has 0 unspecified atom stereocenters. The van der Waals surface area contributed by atoms with Gasteiger partial charge in [0.15, 0.2) is 5.43 Å². The van der Waals surface area contributed by atoms with Crippen LogP contribution in [0, 0.1) is 6.92 Å². The fourth-order valence-electron chi connectivity index (χ4n) is 2.31. The molecular formula is C16H13BO4. The molecule has 0 radical (unpaired) electrons. The second kappa shape index (κ2) is 5.20. The number of aryl methyl sites for hydroxylation is 1. The van der Waals surface area contributed by atoms with Gasteiger partial charge < -0.3 is 14.5 Å². The average molecular weight is 280 g/mol. The predicted molar refractivity (Wildman–Crippen MR) is 82.5 cm³/mol. The molecule has 0 amide bonds. The second-order valence-electron chi connectivity index (χ2n) is 4.93. The molecule has 0 aliphatic carbocycles. The Bertz CT molecular complexity index is 868. The number of hydrogen-bond donors (Lipinski definition) is 2. The average Bonchev–Trinajstić information content (AvgIpc) is 2.48. The lowest BCUT2D eigenvalue weighted by atomic mass is 9.79. The summed E-state index contributed by atoms with van der Waals surface area (Å²) in [6.07, 6.45) is 0. The number of fused-ring (bicyclic) bond motifs is 1. The van der Waals surface area contributed by atoms with Crippen molar-refractivity contribution in [2.45, 2.75) is 6.92 Å². The van der Waals surface area contributed by atoms with Gasteiger partial charge in [0.2, 0.25) is 0 Å². The van der Waals surface area contributed by atoms with Gasteiger partial charge in [-0.2, -0.15) is 0 Å². The van der Waals surface area contributed by atoms with Crippen molar-refractivity contribution in [1.82, 2.24) is 0 Å². The van der Waals surface area contributed by atoms with E-state index in [1.807, 2.05) is 19.1 Å². The van der Waals surface area contributed by atoms with Crippen molar-refractivity contribution in [2.75, 3.05) is 0 Å². The molecule has 0 bridgehead atoms. The molecule has 0 saturated carbocycles. The minimum absolute atomic E-state index is 0.120. The molecular weight excluding hydrogens is 267 g/mol. The van der Waals surface area contributed by atoms with E-state index >= 15 is 0 Å². The molecule has 1 heterocycles. The van der Waals surface area contributed by atoms with E-state index in [-0.39, 0.29) is 5.43 Å². The van der Waals surface area contributed by atoms with Gasteiger partial charge in [0.25, 0.3) is 0 Å². The van der Waals surface area contributed by atoms with Gasteiger partial charge in [-0.1, -0.05) is 36.4 Å². The third kappa shape index (κ3) is 2.49. The molecule has 3 rings (SSSR count). The van der Waals surface area contributed by atoms with Crippen molar-refractivity contribution in [1.29, 1.82) is 0 Å². The van der Waals surface area contributed by atoms with Gasteiger partial charge in [-0.05, 0) is 24.0 Å². The molecule has 0 aliphatic rings. The molecule has 0 fully saturated rings. The van der Waals surface area contributed by atoms with E-state index in [0.29, 0.717) is 27.8 Å². The predicted octanol–water partition coefficient (Wildman–Crippen LogP) is 1.45. The van der Waals surface area contributed by atoms with Crippen molar-refractivity contribution in [3.05, 3.63) is 64.3 Å². The topological polar surface area (TPSA) is 70.7 Å². The van der Waals surface area contributed by atoms with Crippen LogP contribution < -0.4 is 10.9 Å². The highest BCUT2D eigenvalue weighted by Gasteiger charge is 2.13. The molecule has 21 heavy (non-hydrogen) atoms. The molecule has 0 atom stereocenters. The number of hydrogen-bond acceptors (Lipinski definition) is 4. The van der Waals surface area contributed by atoms with E-state index in [1.54, 1.807) is 30.3 Å². The highest BCUT2D eigenvalue weighted by molar-refractivity contribution is 6.58. The van der Waals surface area contributed by atoms with Crippen LogP contribution in [0.15, 0.2) is 57.7 Å². The molecule has 0 saturated heterocycles. The summed E-state index contributed by atoms with van der Waals surface area (Å²) in [5.74, 6) is 0.407. The van der Waals surface area contributed by atoms with Gasteiger partial charge in [-0.15, -0.1) is 0 Å². The third-order valence-electron chi connectivity index (χ3n) is 3.42. The largest absolute Gasteiger partial charge is 0.488 e. The lowest BCUT2D eigenvalue weighted by molar-refractivity contribution is 0.426. The zero-order valence-electron chi connectivity index (χ0n) is 11.4. The number of benzene rings is 2. The highest BCUT2D eigenvalue weighted by Crippen LogP contribution is 2.23. The quantitative estimate of drug-likeness (QED) is 0.697. The maximum atomic E-state index is 12.2. The Morgan fingerprint density at radius 1 is 1.05 bits per heavy atom. The Morgan fingerprint density at radius 2 is 1.81 bits per heavy atom. The van der Waals surface area contributed by atoms with Crippen molar-refractivity contribution in [2.24, 2.45) is 0 Å². The first-order chi connectivity index (χ1) is 10.1. The van der Waals surface area contributed by atoms with Crippen LogP contribution in [0.4, 0.5) is 0 Å². The summed E-state index contributed by atoms with van der Waals surface area (Å²) in [7, 11) is -1.56. The molecule has 1 aromatic heterocycles. The third-order valence-corrected chi connectivity index (χ3v) is 3.42. The Hall–Kier alpha value is -2.37. The van der Waals surface area contributed by atoms with Gasteiger partial charge in [0.1, 0.15) is 11.3 Å². The molecule has 0 spiro atoms. The van der Waals surface area contributed by atoms with E-state index < -0.39 is 7.12 Å². The summed E-state index contributed by atoms with van der Waals surface area (Å²) in [5, 5.41) is 19.0. The summed E-state index contributed by atoms with van der Waals surface area (Å²) in [6.45, 7) is 1.88. The monoisotopic (exact) mass is 280 g/mol. The normalized spacial score (nSPS) is 10.8. The van der Waals surface area contributed by atoms with Crippen LogP contribution >= 0.6 is 0 Å². The Morgan fingerprint density at radius 3 is 2.57 bits per heavy atom. The maximum absolute atomic E-state index is 12.2. The zero-order chi connectivity index (χ0) is 15.0. The van der Waals surface area contributed by atoms with Crippen LogP contribution in [-0.2, 0) is 0 Å². The first-order valence-electron chi connectivity index (χ1n) is 6.56. The van der Waals surface area contributed by atoms with Crippen LogP contribution in [0.3, 0.4) is 0 Å². The van der Waals surface area contributed by atoms with Crippen LogP contribution in [0.25, 0.3) is 22.3 Å². The summed E-state index contributed by atoms with van der Waals surface area (Å²) < 4.78 is 5.83. The molecule has 5 heteroatoms. The SMILES string of the molecule is Cc1cccc2c(=O)cc(-c3cccc(B(O)O)c3)oc12. The molecule has 2 N–H and O–H groups in total. The van der Waals surface area contributed by atoms with Crippen LogP contribution in [0.1, 0.15) is 5.56 Å². The lowest BCUT2D eigenvalue weighted by Crippen LogP contribution is -2.29. The van der Waals surface area contributed by atoms with Crippen LogP contribution in [0.2, 0.25) is 0 Å². The van der Waals surface area contributed by atoms with E-state index in [0.717, 1.165) is 5.56 Å². The van der Waals surface area contributed by atoms with Gasteiger partial charge in [-0.25, -0.2) is 0 Å². The molecule has 4 nitrogen and oxygen atoms in total. The molecule has 3 aromatic rings. The fourth-order valence-corrected chi connectivity index (χ4v) is 2.31. The minimum atomic E-state index is -1.56. The number of rotatable bonds is 2. The summed E-state index contributed by atoms with van der Waals surface area (Å²) in [5.41, 5.74) is 2.28. The highest BCUT2D eigenvalue weighted by atomic mass is 16.4. The van der Waals surface area contributed by atoms with Crippen molar-refractivity contribution in [3.8, 4) is 11.3 Å².